The maximum absolute atomic E-state index is 13.6. The Hall–Kier alpha value is -2.38. The van der Waals surface area contributed by atoms with Crippen molar-refractivity contribution in [1.82, 2.24) is 14.8 Å². The summed E-state index contributed by atoms with van der Waals surface area (Å²) >= 11 is 1.45. The number of benzene rings is 1. The zero-order valence-electron chi connectivity index (χ0n) is 15.5. The standard InChI is InChI=1S/C21H22FN3O2S/c22-16-4-5-19-18(13-16)20(6-7-23-19)28-15-21(26)25-9-2-8-24(10-11-25)14-17-3-1-12-27-17/h1,3-7,12-13H,2,8-11,14-15H2. The predicted molar refractivity (Wildman–Crippen MR) is 108 cm³/mol. The Bertz CT molecular complexity index is 948. The molecule has 5 nitrogen and oxygen atoms in total. The van der Waals surface area contributed by atoms with Crippen molar-refractivity contribution in [3.8, 4) is 0 Å². The third-order valence-corrected chi connectivity index (χ3v) is 5.97. The van der Waals surface area contributed by atoms with Crippen molar-refractivity contribution >= 4 is 28.6 Å². The zero-order valence-corrected chi connectivity index (χ0v) is 16.3. The van der Waals surface area contributed by atoms with E-state index in [2.05, 4.69) is 9.88 Å². The molecule has 1 aliphatic heterocycles. The largest absolute Gasteiger partial charge is 0.468 e. The molecule has 1 amide bonds. The highest BCUT2D eigenvalue weighted by molar-refractivity contribution is 8.00. The summed E-state index contributed by atoms with van der Waals surface area (Å²) in [6.45, 7) is 4.04. The Labute approximate surface area is 167 Å². The normalized spacial score (nSPS) is 15.7. The van der Waals surface area contributed by atoms with Crippen molar-refractivity contribution in [1.29, 1.82) is 0 Å². The van der Waals surface area contributed by atoms with Crippen LogP contribution >= 0.6 is 11.8 Å². The fourth-order valence-electron chi connectivity index (χ4n) is 3.45. The Balaban J connectivity index is 1.35. The van der Waals surface area contributed by atoms with Crippen LogP contribution in [0.15, 0.2) is 58.2 Å². The molecular weight excluding hydrogens is 377 g/mol. The number of carbonyl (C=O) groups excluding carboxylic acids is 1. The number of furan rings is 1. The number of amides is 1. The minimum Gasteiger partial charge on any atom is -0.468 e. The van der Waals surface area contributed by atoms with Gasteiger partial charge in [-0.05, 0) is 42.8 Å². The monoisotopic (exact) mass is 399 g/mol. The SMILES string of the molecule is O=C(CSc1ccnc2ccc(F)cc12)N1CCCN(Cc2ccco2)CC1. The van der Waals surface area contributed by atoms with Gasteiger partial charge in [0.1, 0.15) is 11.6 Å². The summed E-state index contributed by atoms with van der Waals surface area (Å²) in [5, 5.41) is 0.751. The molecule has 4 rings (SSSR count). The van der Waals surface area contributed by atoms with E-state index < -0.39 is 0 Å². The van der Waals surface area contributed by atoms with E-state index in [1.165, 1.54) is 23.9 Å². The van der Waals surface area contributed by atoms with Crippen LogP contribution in [-0.4, -0.2) is 52.6 Å². The first kappa shape index (κ1) is 19.0. The molecule has 0 atom stereocenters. The number of hydrogen-bond donors (Lipinski definition) is 0. The first-order chi connectivity index (χ1) is 13.7. The molecule has 28 heavy (non-hydrogen) atoms. The Kier molecular flexibility index (Phi) is 5.92. The van der Waals surface area contributed by atoms with Gasteiger partial charge >= 0.3 is 0 Å². The average Bonchev–Trinajstić information content (AvgIpc) is 3.10. The second kappa shape index (κ2) is 8.75. The Morgan fingerprint density at radius 3 is 2.96 bits per heavy atom. The van der Waals surface area contributed by atoms with Crippen molar-refractivity contribution in [2.45, 2.75) is 17.9 Å². The van der Waals surface area contributed by atoms with Crippen LogP contribution in [0.3, 0.4) is 0 Å². The maximum Gasteiger partial charge on any atom is 0.232 e. The summed E-state index contributed by atoms with van der Waals surface area (Å²) < 4.78 is 19.0. The van der Waals surface area contributed by atoms with Crippen molar-refractivity contribution in [2.75, 3.05) is 31.9 Å². The van der Waals surface area contributed by atoms with Gasteiger partial charge in [0.15, 0.2) is 0 Å². The molecule has 0 bridgehead atoms. The van der Waals surface area contributed by atoms with Crippen LogP contribution in [-0.2, 0) is 11.3 Å². The molecule has 2 aromatic heterocycles. The lowest BCUT2D eigenvalue weighted by Crippen LogP contribution is -2.36. The molecule has 0 unspecified atom stereocenters. The van der Waals surface area contributed by atoms with Crippen molar-refractivity contribution in [3.63, 3.8) is 0 Å². The first-order valence-corrected chi connectivity index (χ1v) is 10.4. The van der Waals surface area contributed by atoms with Crippen LogP contribution in [0.25, 0.3) is 10.9 Å². The number of fused-ring (bicyclic) bond motifs is 1. The lowest BCUT2D eigenvalue weighted by Gasteiger charge is -2.21. The van der Waals surface area contributed by atoms with E-state index in [0.29, 0.717) is 12.3 Å². The smallest absolute Gasteiger partial charge is 0.232 e. The third-order valence-electron chi connectivity index (χ3n) is 4.92. The van der Waals surface area contributed by atoms with Crippen LogP contribution in [0.1, 0.15) is 12.2 Å². The summed E-state index contributed by atoms with van der Waals surface area (Å²) in [6, 6.07) is 10.3. The van der Waals surface area contributed by atoms with E-state index in [9.17, 15) is 9.18 Å². The first-order valence-electron chi connectivity index (χ1n) is 9.38. The summed E-state index contributed by atoms with van der Waals surface area (Å²) in [5.74, 6) is 1.12. The van der Waals surface area contributed by atoms with Crippen LogP contribution < -0.4 is 0 Å². The fraction of sp³-hybridized carbons (Fsp3) is 0.333. The number of carbonyl (C=O) groups is 1. The highest BCUT2D eigenvalue weighted by Crippen LogP contribution is 2.27. The second-order valence-corrected chi connectivity index (χ2v) is 7.87. The summed E-state index contributed by atoms with van der Waals surface area (Å²) in [4.78, 5) is 22.1. The molecule has 0 saturated carbocycles. The number of thioether (sulfide) groups is 1. The Morgan fingerprint density at radius 1 is 1.18 bits per heavy atom. The number of nitrogens with zero attached hydrogens (tertiary/aromatic N) is 3. The van der Waals surface area contributed by atoms with Gasteiger partial charge in [-0.25, -0.2) is 4.39 Å². The molecule has 3 heterocycles. The predicted octanol–water partition coefficient (Wildman–Crippen LogP) is 3.79. The lowest BCUT2D eigenvalue weighted by atomic mass is 10.2. The van der Waals surface area contributed by atoms with Crippen LogP contribution in [0.5, 0.6) is 0 Å². The van der Waals surface area contributed by atoms with Gasteiger partial charge in [0.2, 0.25) is 5.91 Å². The Morgan fingerprint density at radius 2 is 2.11 bits per heavy atom. The summed E-state index contributed by atoms with van der Waals surface area (Å²) in [5.41, 5.74) is 0.738. The summed E-state index contributed by atoms with van der Waals surface area (Å²) in [7, 11) is 0. The minimum atomic E-state index is -0.294. The molecule has 7 heteroatoms. The molecule has 0 N–H and O–H groups in total. The van der Waals surface area contributed by atoms with E-state index in [4.69, 9.17) is 4.42 Å². The van der Waals surface area contributed by atoms with E-state index >= 15 is 0 Å². The van der Waals surface area contributed by atoms with E-state index in [-0.39, 0.29) is 11.7 Å². The minimum absolute atomic E-state index is 0.117. The van der Waals surface area contributed by atoms with Crippen LogP contribution in [0.4, 0.5) is 4.39 Å². The third kappa shape index (κ3) is 4.54. The van der Waals surface area contributed by atoms with Gasteiger partial charge in [-0.2, -0.15) is 0 Å². The maximum atomic E-state index is 13.6. The van der Waals surface area contributed by atoms with Gasteiger partial charge in [-0.15, -0.1) is 11.8 Å². The zero-order chi connectivity index (χ0) is 19.3. The molecule has 1 aromatic carbocycles. The highest BCUT2D eigenvalue weighted by Gasteiger charge is 2.20. The van der Waals surface area contributed by atoms with Crippen molar-refractivity contribution in [3.05, 3.63) is 60.4 Å². The van der Waals surface area contributed by atoms with Gasteiger partial charge in [0.05, 0.1) is 24.1 Å². The average molecular weight is 399 g/mol. The van der Waals surface area contributed by atoms with Gasteiger partial charge in [-0.1, -0.05) is 0 Å². The van der Waals surface area contributed by atoms with Gasteiger partial charge in [0, 0.05) is 42.7 Å². The molecule has 0 radical (unpaired) electrons. The molecular formula is C21H22FN3O2S. The van der Waals surface area contributed by atoms with Crippen molar-refractivity contribution < 1.29 is 13.6 Å². The van der Waals surface area contributed by atoms with Gasteiger partial charge in [0.25, 0.3) is 0 Å². The number of aromatic nitrogens is 1. The summed E-state index contributed by atoms with van der Waals surface area (Å²) in [6.07, 6.45) is 4.33. The lowest BCUT2D eigenvalue weighted by molar-refractivity contribution is -0.128. The van der Waals surface area contributed by atoms with Crippen LogP contribution in [0.2, 0.25) is 0 Å². The topological polar surface area (TPSA) is 49.6 Å². The fourth-order valence-corrected chi connectivity index (χ4v) is 4.39. The molecule has 0 aliphatic carbocycles. The molecule has 1 saturated heterocycles. The number of hydrogen-bond acceptors (Lipinski definition) is 5. The number of rotatable bonds is 5. The number of halogens is 1. The van der Waals surface area contributed by atoms with E-state index in [0.717, 1.165) is 54.2 Å². The molecule has 3 aromatic rings. The molecule has 1 fully saturated rings. The molecule has 0 spiro atoms. The molecule has 146 valence electrons. The quantitative estimate of drug-likeness (QED) is 0.611. The highest BCUT2D eigenvalue weighted by atomic mass is 32.2. The molecule has 1 aliphatic rings. The van der Waals surface area contributed by atoms with E-state index in [1.54, 1.807) is 18.5 Å². The van der Waals surface area contributed by atoms with Gasteiger partial charge in [-0.3, -0.25) is 14.7 Å². The number of pyridine rings is 1. The van der Waals surface area contributed by atoms with E-state index in [1.807, 2.05) is 23.1 Å². The van der Waals surface area contributed by atoms with Crippen LogP contribution in [0, 0.1) is 5.82 Å². The second-order valence-electron chi connectivity index (χ2n) is 6.85. The van der Waals surface area contributed by atoms with Gasteiger partial charge < -0.3 is 9.32 Å². The van der Waals surface area contributed by atoms with Crippen molar-refractivity contribution in [2.24, 2.45) is 0 Å².